The van der Waals surface area contributed by atoms with Crippen LogP contribution in [0, 0.1) is 0 Å². The number of carbonyl (C=O) groups excluding carboxylic acids is 1. The Labute approximate surface area is 199 Å². The molecule has 0 N–H and O–H groups in total. The number of hydrogen-bond acceptors (Lipinski definition) is 5. The molecule has 0 aliphatic heterocycles. The molecule has 0 spiro atoms. The van der Waals surface area contributed by atoms with Crippen molar-refractivity contribution in [2.24, 2.45) is 0 Å². The van der Waals surface area contributed by atoms with Gasteiger partial charge in [0.2, 0.25) is 11.5 Å². The SMILES string of the molecule is CCCCCOc1c(OCCCC)c(OCCCC)c(OC(=O)CCCC)c2ccccc12. The fourth-order valence-electron chi connectivity index (χ4n) is 3.49. The molecule has 0 aromatic heterocycles. The van der Waals surface area contributed by atoms with Crippen LogP contribution in [-0.2, 0) is 4.79 Å². The smallest absolute Gasteiger partial charge is 0.311 e. The third-order valence-corrected chi connectivity index (χ3v) is 5.47. The third-order valence-electron chi connectivity index (χ3n) is 5.47. The Kier molecular flexibility index (Phi) is 12.5. The Balaban J connectivity index is 2.60. The molecule has 5 nitrogen and oxygen atoms in total. The van der Waals surface area contributed by atoms with E-state index in [4.69, 9.17) is 18.9 Å². The van der Waals surface area contributed by atoms with Crippen molar-refractivity contribution < 1.29 is 23.7 Å². The van der Waals surface area contributed by atoms with Crippen molar-refractivity contribution in [2.75, 3.05) is 19.8 Å². The number of carbonyl (C=O) groups is 1. The molecule has 0 saturated carbocycles. The van der Waals surface area contributed by atoms with Crippen molar-refractivity contribution >= 4 is 16.7 Å². The summed E-state index contributed by atoms with van der Waals surface area (Å²) in [5.41, 5.74) is 0. The van der Waals surface area contributed by atoms with Gasteiger partial charge in [-0.15, -0.1) is 0 Å². The molecule has 0 amide bonds. The summed E-state index contributed by atoms with van der Waals surface area (Å²) >= 11 is 0. The molecule has 0 heterocycles. The first-order valence-corrected chi connectivity index (χ1v) is 12.9. The van der Waals surface area contributed by atoms with Crippen molar-refractivity contribution in [3.63, 3.8) is 0 Å². The van der Waals surface area contributed by atoms with Gasteiger partial charge in [-0.2, -0.15) is 0 Å². The number of rotatable bonds is 17. The van der Waals surface area contributed by atoms with Crippen molar-refractivity contribution in [2.45, 2.75) is 91.9 Å². The normalized spacial score (nSPS) is 10.9. The van der Waals surface area contributed by atoms with Crippen LogP contribution in [0.4, 0.5) is 0 Å². The average Bonchev–Trinajstić information content (AvgIpc) is 2.83. The molecule has 0 unspecified atom stereocenters. The Morgan fingerprint density at radius 1 is 0.606 bits per heavy atom. The van der Waals surface area contributed by atoms with E-state index in [1.165, 1.54) is 0 Å². The van der Waals surface area contributed by atoms with Gasteiger partial charge in [-0.3, -0.25) is 4.79 Å². The molecule has 0 aliphatic carbocycles. The molecule has 5 heteroatoms. The zero-order chi connectivity index (χ0) is 23.9. The van der Waals surface area contributed by atoms with Gasteiger partial charge in [0.05, 0.1) is 19.8 Å². The van der Waals surface area contributed by atoms with Gasteiger partial charge in [-0.05, 0) is 25.7 Å². The number of benzene rings is 2. The lowest BCUT2D eigenvalue weighted by molar-refractivity contribution is -0.134. The number of esters is 1. The van der Waals surface area contributed by atoms with Crippen molar-refractivity contribution in [3.8, 4) is 23.0 Å². The maximum Gasteiger partial charge on any atom is 0.311 e. The van der Waals surface area contributed by atoms with Gasteiger partial charge in [-0.25, -0.2) is 0 Å². The summed E-state index contributed by atoms with van der Waals surface area (Å²) in [5, 5.41) is 1.68. The van der Waals surface area contributed by atoms with E-state index in [2.05, 4.69) is 27.7 Å². The van der Waals surface area contributed by atoms with E-state index in [0.717, 1.165) is 68.6 Å². The highest BCUT2D eigenvalue weighted by molar-refractivity contribution is 6.00. The van der Waals surface area contributed by atoms with E-state index in [-0.39, 0.29) is 5.97 Å². The number of ether oxygens (including phenoxy) is 4. The number of fused-ring (bicyclic) bond motifs is 1. The van der Waals surface area contributed by atoms with Crippen LogP contribution < -0.4 is 18.9 Å². The van der Waals surface area contributed by atoms with Crippen molar-refractivity contribution in [1.82, 2.24) is 0 Å². The highest BCUT2D eigenvalue weighted by Crippen LogP contribution is 2.51. The summed E-state index contributed by atoms with van der Waals surface area (Å²) in [6.07, 6.45) is 9.15. The summed E-state index contributed by atoms with van der Waals surface area (Å²) in [5.74, 6) is 1.90. The lowest BCUT2D eigenvalue weighted by Crippen LogP contribution is -2.12. The summed E-state index contributed by atoms with van der Waals surface area (Å²) in [7, 11) is 0. The Morgan fingerprint density at radius 2 is 1.09 bits per heavy atom. The summed E-state index contributed by atoms with van der Waals surface area (Å²) in [6.45, 7) is 10.2. The van der Waals surface area contributed by atoms with E-state index in [1.54, 1.807) is 0 Å². The van der Waals surface area contributed by atoms with Crippen LogP contribution in [0.25, 0.3) is 10.8 Å². The zero-order valence-electron chi connectivity index (χ0n) is 21.0. The van der Waals surface area contributed by atoms with Gasteiger partial charge >= 0.3 is 5.97 Å². The average molecular weight is 459 g/mol. The second-order valence-electron chi connectivity index (χ2n) is 8.40. The molecule has 2 aromatic rings. The molecule has 0 radical (unpaired) electrons. The highest BCUT2D eigenvalue weighted by atomic mass is 16.6. The van der Waals surface area contributed by atoms with Gasteiger partial charge in [0.1, 0.15) is 0 Å². The topological polar surface area (TPSA) is 54.0 Å². The highest BCUT2D eigenvalue weighted by Gasteiger charge is 2.26. The van der Waals surface area contributed by atoms with Crippen LogP contribution in [0.15, 0.2) is 24.3 Å². The Morgan fingerprint density at radius 3 is 1.67 bits per heavy atom. The van der Waals surface area contributed by atoms with E-state index >= 15 is 0 Å². The van der Waals surface area contributed by atoms with Gasteiger partial charge in [0, 0.05) is 17.2 Å². The van der Waals surface area contributed by atoms with E-state index in [0.29, 0.717) is 49.2 Å². The zero-order valence-corrected chi connectivity index (χ0v) is 21.0. The van der Waals surface area contributed by atoms with Crippen LogP contribution in [0.2, 0.25) is 0 Å². The first-order chi connectivity index (χ1) is 16.2. The standard InChI is InChI=1S/C28H42O5/c1-5-9-15-21-30-25-22-16-13-14-17-23(22)26(33-24(29)18-10-6-2)28(32-20-12-8-4)27(25)31-19-11-7-3/h13-14,16-17H,5-12,15,18-21H2,1-4H3. The Bertz CT molecular complexity index is 846. The third kappa shape index (κ3) is 8.13. The summed E-state index contributed by atoms with van der Waals surface area (Å²) in [6, 6.07) is 7.87. The predicted octanol–water partition coefficient (Wildman–Crippen LogP) is 7.86. The predicted molar refractivity (Wildman–Crippen MR) is 135 cm³/mol. The minimum atomic E-state index is -0.251. The van der Waals surface area contributed by atoms with E-state index in [9.17, 15) is 4.79 Å². The molecular formula is C28H42O5. The molecule has 2 rings (SSSR count). The van der Waals surface area contributed by atoms with Gasteiger partial charge in [-0.1, -0.05) is 84.1 Å². The summed E-state index contributed by atoms with van der Waals surface area (Å²) in [4.78, 5) is 12.6. The molecular weight excluding hydrogens is 416 g/mol. The lowest BCUT2D eigenvalue weighted by Gasteiger charge is -2.22. The minimum absolute atomic E-state index is 0.251. The minimum Gasteiger partial charge on any atom is -0.489 e. The van der Waals surface area contributed by atoms with Crippen LogP contribution in [0.1, 0.15) is 91.9 Å². The largest absolute Gasteiger partial charge is 0.489 e. The molecule has 2 aromatic carbocycles. The summed E-state index contributed by atoms with van der Waals surface area (Å²) < 4.78 is 24.8. The Hall–Kier alpha value is -2.43. The lowest BCUT2D eigenvalue weighted by atomic mass is 10.1. The molecule has 0 fully saturated rings. The monoisotopic (exact) mass is 458 g/mol. The molecule has 0 atom stereocenters. The molecule has 0 aliphatic rings. The quantitative estimate of drug-likeness (QED) is 0.137. The van der Waals surface area contributed by atoms with Crippen LogP contribution in [0.3, 0.4) is 0 Å². The van der Waals surface area contributed by atoms with Crippen molar-refractivity contribution in [3.05, 3.63) is 24.3 Å². The van der Waals surface area contributed by atoms with Gasteiger partial charge in [0.15, 0.2) is 11.5 Å². The fourth-order valence-corrected chi connectivity index (χ4v) is 3.49. The first kappa shape index (κ1) is 26.8. The van der Waals surface area contributed by atoms with Crippen LogP contribution >= 0.6 is 0 Å². The van der Waals surface area contributed by atoms with Gasteiger partial charge in [0.25, 0.3) is 0 Å². The van der Waals surface area contributed by atoms with Crippen LogP contribution in [0.5, 0.6) is 23.0 Å². The molecule has 184 valence electrons. The second-order valence-corrected chi connectivity index (χ2v) is 8.40. The second kappa shape index (κ2) is 15.4. The maximum atomic E-state index is 12.6. The molecule has 33 heavy (non-hydrogen) atoms. The van der Waals surface area contributed by atoms with Gasteiger partial charge < -0.3 is 18.9 Å². The van der Waals surface area contributed by atoms with Crippen molar-refractivity contribution in [1.29, 1.82) is 0 Å². The van der Waals surface area contributed by atoms with E-state index < -0.39 is 0 Å². The van der Waals surface area contributed by atoms with E-state index in [1.807, 2.05) is 24.3 Å². The first-order valence-electron chi connectivity index (χ1n) is 12.9. The molecule has 0 bridgehead atoms. The number of unbranched alkanes of at least 4 members (excludes halogenated alkanes) is 5. The van der Waals surface area contributed by atoms with Crippen LogP contribution in [-0.4, -0.2) is 25.8 Å². The fraction of sp³-hybridized carbons (Fsp3) is 0.607. The maximum absolute atomic E-state index is 12.6. The number of hydrogen-bond donors (Lipinski definition) is 0. The molecule has 0 saturated heterocycles.